The lowest BCUT2D eigenvalue weighted by Gasteiger charge is -2.30. The fourth-order valence-corrected chi connectivity index (χ4v) is 8.25. The third-order valence-corrected chi connectivity index (χ3v) is 11.7. The van der Waals surface area contributed by atoms with Crippen LogP contribution in [-0.4, -0.2) is 51.5 Å². The summed E-state index contributed by atoms with van der Waals surface area (Å²) in [5, 5.41) is 26.3. The lowest BCUT2D eigenvalue weighted by molar-refractivity contribution is 0.0481. The number of hydrogen-bond acceptors (Lipinski definition) is 7. The van der Waals surface area contributed by atoms with Crippen molar-refractivity contribution in [1.82, 2.24) is 9.97 Å². The first kappa shape index (κ1) is 38.0. The normalized spacial score (nSPS) is 21.7. The molecule has 0 amide bonds. The van der Waals surface area contributed by atoms with Gasteiger partial charge in [0, 0.05) is 29.3 Å². The van der Waals surface area contributed by atoms with Crippen molar-refractivity contribution in [3.63, 3.8) is 0 Å². The Morgan fingerprint density at radius 2 is 1.73 bits per heavy atom. The van der Waals surface area contributed by atoms with Gasteiger partial charge in [0.1, 0.15) is 17.4 Å². The highest BCUT2D eigenvalue weighted by Gasteiger charge is 2.30. The number of nitrogens with zero attached hydrogens (tertiary/aromatic N) is 4. The summed E-state index contributed by atoms with van der Waals surface area (Å²) in [5.74, 6) is 0.816. The van der Waals surface area contributed by atoms with Crippen LogP contribution in [0, 0.1) is 17.2 Å². The number of rotatable bonds is 13. The zero-order chi connectivity index (χ0) is 37.2. The van der Waals surface area contributed by atoms with E-state index >= 15 is 4.39 Å². The lowest BCUT2D eigenvalue weighted by Crippen LogP contribution is -2.38. The molecular weight excluding hydrogens is 652 g/mol. The van der Waals surface area contributed by atoms with Gasteiger partial charge in [-0.15, -0.1) is 0 Å². The molecule has 2 aliphatic heterocycles. The van der Waals surface area contributed by atoms with Gasteiger partial charge in [0.2, 0.25) is 0 Å². The summed E-state index contributed by atoms with van der Waals surface area (Å²) in [6.45, 7) is 16.9. The smallest absolute Gasteiger partial charge is 0.318 e. The number of ether oxygens (including phenoxy) is 1. The predicted molar refractivity (Wildman–Crippen MR) is 211 cm³/mol. The molecule has 8 heteroatoms. The number of halogens is 1. The standard InChI is InChI=1S/C44H59FN4O3/c1-8-11-13-18-43(6,17-12-9-2)27-52-42-47-37-26-34(33-25-31(50)24-30-15-16-36(45)32(10-3)38(30)33)40-35(23-28(4)29(5)46-40)39(37)41(48-42)49-21-14-19-44(7,51)20-22-49/h15-16,23-26,28-29,50-51H,8-14,17-22,27H2,1-7H3. The summed E-state index contributed by atoms with van der Waals surface area (Å²) in [5.41, 5.74) is 2.15. The van der Waals surface area contributed by atoms with Crippen molar-refractivity contribution < 1.29 is 19.3 Å². The van der Waals surface area contributed by atoms with E-state index in [0.717, 1.165) is 94.3 Å². The Balaban J connectivity index is 1.61. The first-order chi connectivity index (χ1) is 24.9. The van der Waals surface area contributed by atoms with Gasteiger partial charge in [0.25, 0.3) is 0 Å². The third kappa shape index (κ3) is 7.92. The number of anilines is 1. The van der Waals surface area contributed by atoms with Gasteiger partial charge in [-0.2, -0.15) is 9.97 Å². The second kappa shape index (κ2) is 15.7. The van der Waals surface area contributed by atoms with E-state index in [1.807, 2.05) is 13.8 Å². The summed E-state index contributed by atoms with van der Waals surface area (Å²) < 4.78 is 22.1. The molecule has 280 valence electrons. The Morgan fingerprint density at radius 3 is 2.48 bits per heavy atom. The van der Waals surface area contributed by atoms with Crippen molar-refractivity contribution in [3.05, 3.63) is 52.3 Å². The summed E-state index contributed by atoms with van der Waals surface area (Å²) in [7, 11) is 0. The van der Waals surface area contributed by atoms with Crippen LogP contribution in [0.2, 0.25) is 0 Å². The van der Waals surface area contributed by atoms with Gasteiger partial charge in [0.15, 0.2) is 0 Å². The van der Waals surface area contributed by atoms with E-state index in [4.69, 9.17) is 19.7 Å². The van der Waals surface area contributed by atoms with Crippen LogP contribution >= 0.6 is 0 Å². The van der Waals surface area contributed by atoms with E-state index < -0.39 is 5.60 Å². The average Bonchev–Trinajstić information content (AvgIpc) is 3.29. The zero-order valence-corrected chi connectivity index (χ0v) is 32.5. The molecule has 2 aliphatic rings. The van der Waals surface area contributed by atoms with Gasteiger partial charge in [-0.25, -0.2) is 4.39 Å². The summed E-state index contributed by atoms with van der Waals surface area (Å²) >= 11 is 0. The number of phenols is 1. The van der Waals surface area contributed by atoms with Crippen LogP contribution in [0.3, 0.4) is 0 Å². The van der Waals surface area contributed by atoms with E-state index in [9.17, 15) is 10.2 Å². The van der Waals surface area contributed by atoms with Crippen LogP contribution in [-0.2, 0) is 6.42 Å². The van der Waals surface area contributed by atoms with Crippen LogP contribution in [0.4, 0.5) is 10.2 Å². The van der Waals surface area contributed by atoms with Crippen LogP contribution < -0.4 is 20.2 Å². The molecule has 4 atom stereocenters. The average molecular weight is 711 g/mol. The predicted octanol–water partition coefficient (Wildman–Crippen LogP) is 9.19. The molecule has 0 aliphatic carbocycles. The molecule has 0 saturated carbocycles. The monoisotopic (exact) mass is 710 g/mol. The highest BCUT2D eigenvalue weighted by Crippen LogP contribution is 2.38. The van der Waals surface area contributed by atoms with Gasteiger partial charge in [0.05, 0.1) is 34.5 Å². The Morgan fingerprint density at radius 1 is 0.962 bits per heavy atom. The Kier molecular flexibility index (Phi) is 11.4. The van der Waals surface area contributed by atoms with E-state index in [1.165, 1.54) is 25.3 Å². The molecule has 1 saturated heterocycles. The van der Waals surface area contributed by atoms with Crippen molar-refractivity contribution in [1.29, 1.82) is 0 Å². The molecule has 3 heterocycles. The van der Waals surface area contributed by atoms with E-state index in [0.29, 0.717) is 37.6 Å². The summed E-state index contributed by atoms with van der Waals surface area (Å²) in [6.07, 6.45) is 13.0. The minimum atomic E-state index is -0.739. The maximum atomic E-state index is 15.4. The van der Waals surface area contributed by atoms with Crippen molar-refractivity contribution in [2.75, 3.05) is 24.6 Å². The SMILES string of the molecule is CCCCCC(C)(CCCC)COc1nc(N2CCCC(C)(O)CC2)c2c3c(c(-c4cc(O)cc5ccc(F)c(CC)c45)cc2n1)=NC(C)C(C)C=3. The maximum absolute atomic E-state index is 15.4. The molecular formula is C44H59FN4O3. The first-order valence-corrected chi connectivity index (χ1v) is 19.9. The number of aliphatic hydroxyl groups is 1. The Bertz CT molecular complexity index is 2050. The van der Waals surface area contributed by atoms with Gasteiger partial charge in [-0.3, -0.25) is 4.99 Å². The number of aromatic hydroxyl groups is 1. The fourth-order valence-electron chi connectivity index (χ4n) is 8.25. The van der Waals surface area contributed by atoms with Gasteiger partial charge in [-0.05, 0) is 104 Å². The molecule has 4 unspecified atom stereocenters. The van der Waals surface area contributed by atoms with Crippen LogP contribution in [0.1, 0.15) is 118 Å². The molecule has 3 aromatic carbocycles. The van der Waals surface area contributed by atoms with Crippen LogP contribution in [0.25, 0.3) is 38.9 Å². The number of hydrogen-bond donors (Lipinski definition) is 2. The third-order valence-electron chi connectivity index (χ3n) is 11.7. The van der Waals surface area contributed by atoms with Crippen molar-refractivity contribution in [2.24, 2.45) is 16.3 Å². The number of aryl methyl sites for hydroxylation is 1. The largest absolute Gasteiger partial charge is 0.508 e. The molecule has 6 rings (SSSR count). The van der Waals surface area contributed by atoms with Crippen molar-refractivity contribution >= 4 is 33.6 Å². The molecule has 0 spiro atoms. The summed E-state index contributed by atoms with van der Waals surface area (Å²) in [6, 6.07) is 9.09. The molecule has 2 N–H and O–H groups in total. The zero-order valence-electron chi connectivity index (χ0n) is 32.5. The number of unbranched alkanes of at least 4 members (excludes halogenated alkanes) is 3. The highest BCUT2D eigenvalue weighted by atomic mass is 19.1. The topological polar surface area (TPSA) is 91.1 Å². The first-order valence-electron chi connectivity index (χ1n) is 19.9. The number of fused-ring (bicyclic) bond motifs is 4. The number of aromatic nitrogens is 2. The summed E-state index contributed by atoms with van der Waals surface area (Å²) in [4.78, 5) is 18.0. The molecule has 0 bridgehead atoms. The van der Waals surface area contributed by atoms with Gasteiger partial charge >= 0.3 is 6.01 Å². The second-order valence-electron chi connectivity index (χ2n) is 16.3. The minimum absolute atomic E-state index is 0.00527. The Hall–Kier alpha value is -3.78. The molecule has 4 aromatic rings. The quantitative estimate of drug-likeness (QED) is 0.135. The van der Waals surface area contributed by atoms with Crippen molar-refractivity contribution in [2.45, 2.75) is 131 Å². The maximum Gasteiger partial charge on any atom is 0.318 e. The van der Waals surface area contributed by atoms with Crippen LogP contribution in [0.15, 0.2) is 35.3 Å². The van der Waals surface area contributed by atoms with Crippen molar-refractivity contribution in [3.8, 4) is 22.9 Å². The van der Waals surface area contributed by atoms with Gasteiger partial charge in [-0.1, -0.05) is 78.9 Å². The molecule has 1 fully saturated rings. The fraction of sp³-hybridized carbons (Fsp3) is 0.568. The highest BCUT2D eigenvalue weighted by molar-refractivity contribution is 6.03. The van der Waals surface area contributed by atoms with E-state index in [2.05, 4.69) is 51.7 Å². The number of benzene rings is 3. The molecule has 52 heavy (non-hydrogen) atoms. The van der Waals surface area contributed by atoms with E-state index in [1.54, 1.807) is 18.2 Å². The second-order valence-corrected chi connectivity index (χ2v) is 16.3. The van der Waals surface area contributed by atoms with Crippen LogP contribution in [0.5, 0.6) is 11.8 Å². The lowest BCUT2D eigenvalue weighted by atomic mass is 9.81. The molecule has 0 radical (unpaired) electrons. The van der Waals surface area contributed by atoms with Gasteiger partial charge < -0.3 is 19.8 Å². The molecule has 1 aromatic heterocycles. The minimum Gasteiger partial charge on any atom is -0.508 e. The molecule has 7 nitrogen and oxygen atoms in total. The number of phenolic OH excluding ortho intramolecular Hbond substituents is 1. The van der Waals surface area contributed by atoms with E-state index in [-0.39, 0.29) is 28.9 Å². The Labute approximate surface area is 309 Å².